The molecule has 2 rings (SSSR count). The number of nitrogens with zero attached hydrogens (tertiary/aromatic N) is 3. The van der Waals surface area contributed by atoms with E-state index >= 15 is 0 Å². The minimum Gasteiger partial charge on any atom is -0.377 e. The number of nitro groups is 1. The van der Waals surface area contributed by atoms with E-state index in [2.05, 4.69) is 27.5 Å². The Kier molecular flexibility index (Phi) is 3.04. The van der Waals surface area contributed by atoms with E-state index in [0.717, 1.165) is 26.1 Å². The molecule has 1 fully saturated rings. The van der Waals surface area contributed by atoms with Gasteiger partial charge in [-0.3, -0.25) is 0 Å². The van der Waals surface area contributed by atoms with Crippen LogP contribution in [0.3, 0.4) is 0 Å². The molecule has 1 saturated heterocycles. The number of aromatic nitrogens is 2. The number of aromatic amines is 1. The fraction of sp³-hybridized carbons (Fsp3) is 0.667. The van der Waals surface area contributed by atoms with Crippen molar-refractivity contribution in [3.05, 3.63) is 16.3 Å². The van der Waals surface area contributed by atoms with Gasteiger partial charge in [-0.25, -0.2) is 0 Å². The Balaban J connectivity index is 1.89. The highest BCUT2D eigenvalue weighted by atomic mass is 16.6. The standard InChI is InChI=1S/C9H15N5O2/c1-13-3-2-7(6-13)4-10-8-5-11-12-9(8)14(15)16/h5,7,10H,2-4,6H2,1H3,(H,11,12). The zero-order valence-corrected chi connectivity index (χ0v) is 9.14. The van der Waals surface area contributed by atoms with Gasteiger partial charge >= 0.3 is 5.82 Å². The van der Waals surface area contributed by atoms with E-state index in [4.69, 9.17) is 0 Å². The van der Waals surface area contributed by atoms with Crippen LogP contribution in [0.2, 0.25) is 0 Å². The van der Waals surface area contributed by atoms with Crippen LogP contribution in [0.15, 0.2) is 6.20 Å². The molecule has 0 saturated carbocycles. The molecule has 2 heterocycles. The Morgan fingerprint density at radius 3 is 3.25 bits per heavy atom. The van der Waals surface area contributed by atoms with Crippen molar-refractivity contribution < 1.29 is 4.92 Å². The molecule has 1 aliphatic rings. The third-order valence-electron chi connectivity index (χ3n) is 2.87. The van der Waals surface area contributed by atoms with E-state index in [1.54, 1.807) is 0 Å². The molecule has 1 atom stereocenters. The van der Waals surface area contributed by atoms with Gasteiger partial charge in [0.25, 0.3) is 0 Å². The van der Waals surface area contributed by atoms with Gasteiger partial charge in [-0.1, -0.05) is 5.10 Å². The quantitative estimate of drug-likeness (QED) is 0.581. The molecule has 1 aliphatic heterocycles. The van der Waals surface area contributed by atoms with Gasteiger partial charge < -0.3 is 20.3 Å². The Morgan fingerprint density at radius 1 is 1.81 bits per heavy atom. The van der Waals surface area contributed by atoms with Crippen molar-refractivity contribution in [2.24, 2.45) is 5.92 Å². The highest BCUT2D eigenvalue weighted by Gasteiger charge is 2.21. The first-order chi connectivity index (χ1) is 7.66. The molecule has 7 nitrogen and oxygen atoms in total. The number of anilines is 1. The second kappa shape index (κ2) is 4.48. The first-order valence-electron chi connectivity index (χ1n) is 5.27. The number of hydrogen-bond acceptors (Lipinski definition) is 5. The van der Waals surface area contributed by atoms with Crippen LogP contribution >= 0.6 is 0 Å². The van der Waals surface area contributed by atoms with Crippen LogP contribution in [0.1, 0.15) is 6.42 Å². The van der Waals surface area contributed by atoms with Gasteiger partial charge in [0.05, 0.1) is 0 Å². The lowest BCUT2D eigenvalue weighted by atomic mass is 10.1. The fourth-order valence-electron chi connectivity index (χ4n) is 2.00. The van der Waals surface area contributed by atoms with Crippen molar-refractivity contribution in [3.63, 3.8) is 0 Å². The van der Waals surface area contributed by atoms with E-state index in [1.807, 2.05) is 0 Å². The maximum atomic E-state index is 10.6. The van der Waals surface area contributed by atoms with Crippen LogP contribution in [0.25, 0.3) is 0 Å². The van der Waals surface area contributed by atoms with Crippen LogP contribution in [0.5, 0.6) is 0 Å². The molecule has 1 aromatic rings. The van der Waals surface area contributed by atoms with Gasteiger partial charge in [0, 0.05) is 13.1 Å². The Hall–Kier alpha value is -1.63. The Bertz CT molecular complexity index is 378. The van der Waals surface area contributed by atoms with Gasteiger partial charge in [0.15, 0.2) is 5.69 Å². The van der Waals surface area contributed by atoms with Crippen molar-refractivity contribution >= 4 is 11.5 Å². The van der Waals surface area contributed by atoms with Crippen molar-refractivity contribution in [2.45, 2.75) is 6.42 Å². The second-order valence-corrected chi connectivity index (χ2v) is 4.19. The highest BCUT2D eigenvalue weighted by Crippen LogP contribution is 2.21. The molecule has 88 valence electrons. The number of hydrogen-bond donors (Lipinski definition) is 2. The summed E-state index contributed by atoms with van der Waals surface area (Å²) < 4.78 is 0. The average molecular weight is 225 g/mol. The number of H-pyrrole nitrogens is 1. The molecule has 0 aromatic carbocycles. The molecule has 0 amide bonds. The molecule has 0 aliphatic carbocycles. The van der Waals surface area contributed by atoms with Gasteiger partial charge in [-0.15, -0.1) is 5.10 Å². The summed E-state index contributed by atoms with van der Waals surface area (Å²) in [4.78, 5) is 12.4. The van der Waals surface area contributed by atoms with Gasteiger partial charge in [0.2, 0.25) is 0 Å². The summed E-state index contributed by atoms with van der Waals surface area (Å²) in [5, 5.41) is 19.7. The van der Waals surface area contributed by atoms with Crippen molar-refractivity contribution in [3.8, 4) is 0 Å². The van der Waals surface area contributed by atoms with Gasteiger partial charge in [-0.2, -0.15) is 0 Å². The summed E-state index contributed by atoms with van der Waals surface area (Å²) in [7, 11) is 2.08. The van der Waals surface area contributed by atoms with Crippen LogP contribution < -0.4 is 5.32 Å². The summed E-state index contributed by atoms with van der Waals surface area (Å²) in [5.41, 5.74) is 0.472. The molecule has 1 unspecified atom stereocenters. The zero-order valence-electron chi connectivity index (χ0n) is 9.14. The van der Waals surface area contributed by atoms with Crippen molar-refractivity contribution in [1.29, 1.82) is 0 Å². The Labute approximate surface area is 93.0 Å². The number of likely N-dealkylation sites (tertiary alicyclic amines) is 1. The summed E-state index contributed by atoms with van der Waals surface area (Å²) in [5.74, 6) is 0.492. The van der Waals surface area contributed by atoms with Crippen molar-refractivity contribution in [2.75, 3.05) is 32.0 Å². The van der Waals surface area contributed by atoms with Gasteiger partial charge in [0.1, 0.15) is 6.20 Å². The lowest BCUT2D eigenvalue weighted by Crippen LogP contribution is -2.19. The van der Waals surface area contributed by atoms with Crippen LogP contribution in [0, 0.1) is 16.0 Å². The average Bonchev–Trinajstić information content (AvgIpc) is 2.83. The molecule has 1 aromatic heterocycles. The predicted molar refractivity (Wildman–Crippen MR) is 59.3 cm³/mol. The monoisotopic (exact) mass is 225 g/mol. The second-order valence-electron chi connectivity index (χ2n) is 4.19. The smallest absolute Gasteiger partial charge is 0.366 e. The number of rotatable bonds is 4. The molecular formula is C9H15N5O2. The Morgan fingerprint density at radius 2 is 2.62 bits per heavy atom. The lowest BCUT2D eigenvalue weighted by molar-refractivity contribution is -0.388. The maximum Gasteiger partial charge on any atom is 0.366 e. The van der Waals surface area contributed by atoms with E-state index in [9.17, 15) is 10.1 Å². The van der Waals surface area contributed by atoms with Crippen LogP contribution in [-0.2, 0) is 0 Å². The topological polar surface area (TPSA) is 87.1 Å². The predicted octanol–water partition coefficient (Wildman–Crippen LogP) is 0.682. The molecule has 0 spiro atoms. The summed E-state index contributed by atoms with van der Waals surface area (Å²) in [6, 6.07) is 0. The SMILES string of the molecule is CN1CCC(CNc2cn[nH]c2[N+](=O)[O-])C1. The molecule has 7 heteroatoms. The normalized spacial score (nSPS) is 21.2. The van der Waals surface area contributed by atoms with Crippen LogP contribution in [0.4, 0.5) is 11.5 Å². The third-order valence-corrected chi connectivity index (χ3v) is 2.87. The molecule has 0 radical (unpaired) electrons. The summed E-state index contributed by atoms with van der Waals surface area (Å²) in [6.07, 6.45) is 2.59. The van der Waals surface area contributed by atoms with E-state index < -0.39 is 4.92 Å². The third kappa shape index (κ3) is 2.30. The first-order valence-corrected chi connectivity index (χ1v) is 5.27. The zero-order chi connectivity index (χ0) is 11.5. The molecule has 16 heavy (non-hydrogen) atoms. The van der Waals surface area contributed by atoms with E-state index in [1.165, 1.54) is 6.20 Å². The highest BCUT2D eigenvalue weighted by molar-refractivity contribution is 5.55. The fourth-order valence-corrected chi connectivity index (χ4v) is 2.00. The summed E-state index contributed by atoms with van der Waals surface area (Å²) >= 11 is 0. The largest absolute Gasteiger partial charge is 0.377 e. The number of nitrogens with one attached hydrogen (secondary N) is 2. The van der Waals surface area contributed by atoms with Crippen molar-refractivity contribution in [1.82, 2.24) is 15.1 Å². The molecular weight excluding hydrogens is 210 g/mol. The molecule has 0 bridgehead atoms. The van der Waals surface area contributed by atoms with E-state index in [0.29, 0.717) is 11.6 Å². The minimum atomic E-state index is -0.462. The van der Waals surface area contributed by atoms with Crippen LogP contribution in [-0.4, -0.2) is 46.7 Å². The maximum absolute atomic E-state index is 10.6. The lowest BCUT2D eigenvalue weighted by Gasteiger charge is -2.11. The molecule has 2 N–H and O–H groups in total. The van der Waals surface area contributed by atoms with Gasteiger partial charge in [-0.05, 0) is 30.9 Å². The first kappa shape index (κ1) is 10.9. The summed E-state index contributed by atoms with van der Waals surface area (Å²) in [6.45, 7) is 2.89. The minimum absolute atomic E-state index is 0.0636. The van der Waals surface area contributed by atoms with E-state index in [-0.39, 0.29) is 5.82 Å².